The fourth-order valence-electron chi connectivity index (χ4n) is 4.26. The Morgan fingerprint density at radius 1 is 0.973 bits per heavy atom. The van der Waals surface area contributed by atoms with Crippen LogP contribution in [-0.4, -0.2) is 34.9 Å². The molecule has 8 heteroatoms. The van der Waals surface area contributed by atoms with E-state index < -0.39 is 17.5 Å². The van der Waals surface area contributed by atoms with Crippen molar-refractivity contribution in [1.82, 2.24) is 9.99 Å². The number of nitrogens with one attached hydrogen (secondary N) is 1. The number of carbonyl (C=O) groups is 2. The van der Waals surface area contributed by atoms with Crippen molar-refractivity contribution in [2.75, 3.05) is 7.11 Å². The number of aromatic nitrogens is 1. The molecule has 2 N–H and O–H groups in total. The summed E-state index contributed by atoms with van der Waals surface area (Å²) in [5.74, 6) is -1.19. The first-order valence-electron chi connectivity index (χ1n) is 11.5. The molecule has 37 heavy (non-hydrogen) atoms. The van der Waals surface area contributed by atoms with Crippen molar-refractivity contribution in [3.8, 4) is 5.69 Å². The number of amides is 1. The molecule has 0 spiro atoms. The first-order chi connectivity index (χ1) is 17.8. The number of aliphatic hydroxyl groups is 1. The number of halogens is 1. The monoisotopic (exact) mass is 515 g/mol. The molecule has 7 nitrogen and oxygen atoms in total. The molecule has 1 amide bonds. The van der Waals surface area contributed by atoms with E-state index in [0.717, 1.165) is 22.6 Å². The maximum atomic E-state index is 13.3. The molecule has 0 aliphatic carbocycles. The van der Waals surface area contributed by atoms with Crippen LogP contribution in [0.25, 0.3) is 5.69 Å². The van der Waals surface area contributed by atoms with Gasteiger partial charge in [-0.1, -0.05) is 72.3 Å². The molecular weight excluding hydrogens is 490 g/mol. The Kier molecular flexibility index (Phi) is 7.57. The van der Waals surface area contributed by atoms with E-state index in [4.69, 9.17) is 16.3 Å². The van der Waals surface area contributed by atoms with E-state index >= 15 is 0 Å². The van der Waals surface area contributed by atoms with Gasteiger partial charge in [0.1, 0.15) is 0 Å². The molecule has 0 saturated heterocycles. The Morgan fingerprint density at radius 3 is 2.11 bits per heavy atom. The van der Waals surface area contributed by atoms with Gasteiger partial charge >= 0.3 is 5.97 Å². The highest BCUT2D eigenvalue weighted by atomic mass is 35.5. The first kappa shape index (κ1) is 25.9. The number of benzene rings is 3. The summed E-state index contributed by atoms with van der Waals surface area (Å²) in [7, 11) is 1.30. The lowest BCUT2D eigenvalue weighted by Gasteiger charge is -2.27. The van der Waals surface area contributed by atoms with Crippen LogP contribution in [0.1, 0.15) is 38.4 Å². The molecule has 0 aliphatic heterocycles. The number of ether oxygens (including phenoxy) is 1. The highest BCUT2D eigenvalue weighted by Gasteiger charge is 2.39. The molecule has 188 valence electrons. The molecule has 0 bridgehead atoms. The lowest BCUT2D eigenvalue weighted by molar-refractivity contribution is -0.136. The summed E-state index contributed by atoms with van der Waals surface area (Å²) >= 11 is 6.31. The van der Waals surface area contributed by atoms with Gasteiger partial charge in [-0.3, -0.25) is 4.79 Å². The third-order valence-corrected chi connectivity index (χ3v) is 6.48. The minimum absolute atomic E-state index is 0.278. The number of hydrazone groups is 1. The van der Waals surface area contributed by atoms with Crippen molar-refractivity contribution in [2.45, 2.75) is 19.4 Å². The zero-order valence-corrected chi connectivity index (χ0v) is 21.4. The van der Waals surface area contributed by atoms with Crippen LogP contribution in [0.3, 0.4) is 0 Å². The standard InChI is InChI=1S/C29H26ClN3O4/c1-19-16-21(20(2)33(19)24-14-15-25(26(30)17-24)27(34)37-3)18-31-32-28(35)29(36,22-10-6-4-7-11-22)23-12-8-5-9-13-23/h4-18,36H,1-3H3,(H,32,35)/b31-18+. The summed E-state index contributed by atoms with van der Waals surface area (Å²) in [5.41, 5.74) is 4.99. The quantitative estimate of drug-likeness (QED) is 0.207. The van der Waals surface area contributed by atoms with E-state index in [0.29, 0.717) is 11.1 Å². The molecule has 4 aromatic rings. The number of esters is 1. The van der Waals surface area contributed by atoms with Crippen LogP contribution in [0.5, 0.6) is 0 Å². The van der Waals surface area contributed by atoms with Gasteiger partial charge in [0.2, 0.25) is 0 Å². The minimum Gasteiger partial charge on any atom is -0.465 e. The van der Waals surface area contributed by atoms with E-state index in [1.807, 2.05) is 36.6 Å². The highest BCUT2D eigenvalue weighted by Crippen LogP contribution is 2.30. The smallest absolute Gasteiger partial charge is 0.339 e. The number of methoxy groups -OCH3 is 1. The third-order valence-electron chi connectivity index (χ3n) is 6.17. The lowest BCUT2D eigenvalue weighted by atomic mass is 9.85. The average molecular weight is 516 g/mol. The van der Waals surface area contributed by atoms with E-state index in [9.17, 15) is 14.7 Å². The van der Waals surface area contributed by atoms with Crippen LogP contribution in [0.4, 0.5) is 0 Å². The molecule has 4 rings (SSSR count). The first-order valence-corrected chi connectivity index (χ1v) is 11.9. The minimum atomic E-state index is -1.92. The number of hydrogen-bond donors (Lipinski definition) is 2. The number of aryl methyl sites for hydroxylation is 1. The largest absolute Gasteiger partial charge is 0.465 e. The lowest BCUT2D eigenvalue weighted by Crippen LogP contribution is -2.43. The second kappa shape index (κ2) is 10.8. The van der Waals surface area contributed by atoms with Crippen LogP contribution >= 0.6 is 11.6 Å². The van der Waals surface area contributed by atoms with Gasteiger partial charge in [-0.25, -0.2) is 10.2 Å². The van der Waals surface area contributed by atoms with Crippen molar-refractivity contribution in [1.29, 1.82) is 0 Å². The predicted molar refractivity (Wildman–Crippen MR) is 143 cm³/mol. The molecule has 0 unspecified atom stereocenters. The molecule has 3 aromatic carbocycles. The van der Waals surface area contributed by atoms with Gasteiger partial charge in [0.15, 0.2) is 5.60 Å². The van der Waals surface area contributed by atoms with Crippen molar-refractivity contribution in [3.63, 3.8) is 0 Å². The van der Waals surface area contributed by atoms with Crippen LogP contribution in [0, 0.1) is 13.8 Å². The molecule has 0 fully saturated rings. The molecule has 1 heterocycles. The number of nitrogens with zero attached hydrogens (tertiary/aromatic N) is 2. The van der Waals surface area contributed by atoms with E-state index in [2.05, 4.69) is 10.5 Å². The topological polar surface area (TPSA) is 92.9 Å². The van der Waals surface area contributed by atoms with Crippen molar-refractivity contribution in [2.24, 2.45) is 5.10 Å². The van der Waals surface area contributed by atoms with Crippen LogP contribution in [0.15, 0.2) is 90.0 Å². The van der Waals surface area contributed by atoms with E-state index in [-0.39, 0.29) is 10.6 Å². The van der Waals surface area contributed by atoms with Crippen molar-refractivity contribution in [3.05, 3.63) is 124 Å². The van der Waals surface area contributed by atoms with E-state index in [1.54, 1.807) is 66.7 Å². The Hall–Kier alpha value is -4.20. The van der Waals surface area contributed by atoms with E-state index in [1.165, 1.54) is 13.3 Å². The normalized spacial score (nSPS) is 11.5. The predicted octanol–water partition coefficient (Wildman–Crippen LogP) is 4.92. The summed E-state index contributed by atoms with van der Waals surface area (Å²) in [4.78, 5) is 25.1. The van der Waals surface area contributed by atoms with Gasteiger partial charge in [-0.2, -0.15) is 5.10 Å². The Balaban J connectivity index is 1.60. The van der Waals surface area contributed by atoms with Crippen molar-refractivity contribution >= 4 is 29.7 Å². The van der Waals surface area contributed by atoms with Gasteiger partial charge in [-0.05, 0) is 49.2 Å². The van der Waals surface area contributed by atoms with Crippen LogP contribution in [-0.2, 0) is 15.1 Å². The highest BCUT2D eigenvalue weighted by molar-refractivity contribution is 6.33. The molecule has 0 radical (unpaired) electrons. The molecular formula is C29H26ClN3O4. The summed E-state index contributed by atoms with van der Waals surface area (Å²) in [6, 6.07) is 24.5. The maximum absolute atomic E-state index is 13.3. The second-order valence-corrected chi connectivity index (χ2v) is 8.87. The Morgan fingerprint density at radius 2 is 1.57 bits per heavy atom. The number of hydrogen-bond acceptors (Lipinski definition) is 5. The summed E-state index contributed by atoms with van der Waals surface area (Å²) in [6.07, 6.45) is 1.53. The van der Waals surface area contributed by atoms with Crippen molar-refractivity contribution < 1.29 is 19.4 Å². The zero-order valence-electron chi connectivity index (χ0n) is 20.6. The van der Waals surface area contributed by atoms with Crippen LogP contribution < -0.4 is 5.43 Å². The molecule has 0 aliphatic rings. The fraction of sp³-hybridized carbons (Fsp3) is 0.138. The molecule has 0 saturated carbocycles. The SMILES string of the molecule is COC(=O)c1ccc(-n2c(C)cc(/C=N/NC(=O)C(O)(c3ccccc3)c3ccccc3)c2C)cc1Cl. The zero-order chi connectivity index (χ0) is 26.6. The van der Waals surface area contributed by atoms with Gasteiger partial charge in [0.25, 0.3) is 5.91 Å². The van der Waals surface area contributed by atoms with Gasteiger partial charge in [0.05, 0.1) is 23.9 Å². The Bertz CT molecular complexity index is 1420. The van der Waals surface area contributed by atoms with Gasteiger partial charge in [-0.15, -0.1) is 0 Å². The number of carbonyl (C=O) groups excluding carboxylic acids is 2. The molecule has 1 aromatic heterocycles. The maximum Gasteiger partial charge on any atom is 0.339 e. The van der Waals surface area contributed by atoms with Gasteiger partial charge in [0, 0.05) is 22.6 Å². The van der Waals surface area contributed by atoms with Gasteiger partial charge < -0.3 is 14.4 Å². The van der Waals surface area contributed by atoms with Crippen LogP contribution in [0.2, 0.25) is 5.02 Å². The third kappa shape index (κ3) is 5.05. The number of rotatable bonds is 7. The summed E-state index contributed by atoms with van der Waals surface area (Å²) in [6.45, 7) is 3.83. The average Bonchev–Trinajstić information content (AvgIpc) is 3.20. The second-order valence-electron chi connectivity index (χ2n) is 8.46. The summed E-state index contributed by atoms with van der Waals surface area (Å²) in [5, 5.41) is 16.0. The summed E-state index contributed by atoms with van der Waals surface area (Å²) < 4.78 is 6.72. The Labute approximate surface area is 220 Å². The molecule has 0 atom stereocenters. The fourth-order valence-corrected chi connectivity index (χ4v) is 4.52.